The second-order valence-corrected chi connectivity index (χ2v) is 4.71. The highest BCUT2D eigenvalue weighted by Crippen LogP contribution is 2.32. The molecule has 1 heterocycles. The van der Waals surface area contributed by atoms with Gasteiger partial charge < -0.3 is 14.6 Å². The van der Waals surface area contributed by atoms with Gasteiger partial charge in [0.2, 0.25) is 0 Å². The molecule has 0 unspecified atom stereocenters. The molecule has 0 aromatic rings. The third-order valence-electron chi connectivity index (χ3n) is 3.23. The Morgan fingerprint density at radius 2 is 1.88 bits per heavy atom. The van der Waals surface area contributed by atoms with Crippen LogP contribution in [0.5, 0.6) is 0 Å². The maximum Gasteiger partial charge on any atom is 0.307 e. The summed E-state index contributed by atoms with van der Waals surface area (Å²) in [5, 5.41) is 9.19. The van der Waals surface area contributed by atoms with Crippen molar-refractivity contribution < 1.29 is 24.2 Å². The number of rotatable bonds is 4. The predicted molar refractivity (Wildman–Crippen MR) is 60.5 cm³/mol. The molecule has 1 saturated heterocycles. The molecule has 0 aliphatic carbocycles. The third-order valence-corrected chi connectivity index (χ3v) is 3.23. The normalized spacial score (nSPS) is 30.6. The van der Waals surface area contributed by atoms with Gasteiger partial charge in [-0.3, -0.25) is 9.59 Å². The molecule has 0 aromatic heterocycles. The number of carbonyl (C=O) groups is 2. The molecule has 5 nitrogen and oxygen atoms in total. The fraction of sp³-hybridized carbons (Fsp3) is 0.833. The summed E-state index contributed by atoms with van der Waals surface area (Å²) in [5.41, 5.74) is 0. The predicted octanol–water partition coefficient (Wildman–Crippen LogP) is 1.45. The second kappa shape index (κ2) is 6.00. The standard InChI is InChI=1S/C12H20O5/c1-7-4-9(5-8(2)17-7)10(12(14)15)6-11(13)16-3/h7-10H,4-6H2,1-3H3,(H,14,15)/t7-,8-,10+/m1/s1. The van der Waals surface area contributed by atoms with Gasteiger partial charge in [-0.15, -0.1) is 0 Å². The summed E-state index contributed by atoms with van der Waals surface area (Å²) in [6, 6.07) is 0. The lowest BCUT2D eigenvalue weighted by atomic mass is 9.80. The van der Waals surface area contributed by atoms with Crippen molar-refractivity contribution in [1.29, 1.82) is 0 Å². The Bertz CT molecular complexity index is 279. The van der Waals surface area contributed by atoms with Crippen LogP contribution in [0.2, 0.25) is 0 Å². The first-order valence-corrected chi connectivity index (χ1v) is 5.89. The van der Waals surface area contributed by atoms with E-state index in [1.54, 1.807) is 0 Å². The number of carbonyl (C=O) groups excluding carboxylic acids is 1. The Morgan fingerprint density at radius 1 is 1.35 bits per heavy atom. The molecule has 1 N–H and O–H groups in total. The number of methoxy groups -OCH3 is 1. The van der Waals surface area contributed by atoms with Crippen molar-refractivity contribution in [1.82, 2.24) is 0 Å². The quantitative estimate of drug-likeness (QED) is 0.758. The van der Waals surface area contributed by atoms with Crippen LogP contribution in [0.15, 0.2) is 0 Å². The molecular formula is C12H20O5. The Kier molecular flexibility index (Phi) is 4.93. The average Bonchev–Trinajstić information content (AvgIpc) is 2.23. The molecule has 1 aliphatic rings. The van der Waals surface area contributed by atoms with Gasteiger partial charge in [0, 0.05) is 0 Å². The minimum Gasteiger partial charge on any atom is -0.481 e. The number of hydrogen-bond donors (Lipinski definition) is 1. The van der Waals surface area contributed by atoms with E-state index >= 15 is 0 Å². The number of carboxylic acid groups (broad SMARTS) is 1. The van der Waals surface area contributed by atoms with Gasteiger partial charge in [-0.1, -0.05) is 0 Å². The van der Waals surface area contributed by atoms with E-state index in [1.807, 2.05) is 13.8 Å². The molecule has 1 rings (SSSR count). The molecule has 98 valence electrons. The third kappa shape index (κ3) is 4.00. The first-order chi connectivity index (χ1) is 7.93. The van der Waals surface area contributed by atoms with Crippen LogP contribution in [0.3, 0.4) is 0 Å². The van der Waals surface area contributed by atoms with Crippen LogP contribution in [0, 0.1) is 11.8 Å². The molecule has 0 saturated carbocycles. The number of hydrogen-bond acceptors (Lipinski definition) is 4. The lowest BCUT2D eigenvalue weighted by molar-refractivity contribution is -0.155. The fourth-order valence-electron chi connectivity index (χ4n) is 2.50. The van der Waals surface area contributed by atoms with E-state index in [9.17, 15) is 14.7 Å². The van der Waals surface area contributed by atoms with Crippen molar-refractivity contribution >= 4 is 11.9 Å². The van der Waals surface area contributed by atoms with Crippen LogP contribution in [-0.4, -0.2) is 36.4 Å². The minimum absolute atomic E-state index is 0.0228. The highest BCUT2D eigenvalue weighted by Gasteiger charge is 2.36. The molecule has 17 heavy (non-hydrogen) atoms. The van der Waals surface area contributed by atoms with Crippen molar-refractivity contribution in [2.24, 2.45) is 11.8 Å². The molecule has 1 fully saturated rings. The van der Waals surface area contributed by atoms with E-state index in [1.165, 1.54) is 7.11 Å². The minimum atomic E-state index is -0.929. The maximum absolute atomic E-state index is 11.2. The van der Waals surface area contributed by atoms with Crippen molar-refractivity contribution in [3.8, 4) is 0 Å². The smallest absolute Gasteiger partial charge is 0.307 e. The van der Waals surface area contributed by atoms with E-state index in [2.05, 4.69) is 4.74 Å². The van der Waals surface area contributed by atoms with Crippen molar-refractivity contribution in [3.05, 3.63) is 0 Å². The lowest BCUT2D eigenvalue weighted by Gasteiger charge is -2.34. The molecule has 0 radical (unpaired) electrons. The molecule has 5 heteroatoms. The molecule has 3 atom stereocenters. The molecule has 1 aliphatic heterocycles. The van der Waals surface area contributed by atoms with Gasteiger partial charge in [0.05, 0.1) is 31.7 Å². The monoisotopic (exact) mass is 244 g/mol. The van der Waals surface area contributed by atoms with E-state index < -0.39 is 17.9 Å². The Labute approximate surface area is 101 Å². The summed E-state index contributed by atoms with van der Waals surface area (Å²) in [6.45, 7) is 3.86. The first kappa shape index (κ1) is 14.0. The van der Waals surface area contributed by atoms with E-state index in [0.29, 0.717) is 12.8 Å². The highest BCUT2D eigenvalue weighted by atomic mass is 16.5. The zero-order chi connectivity index (χ0) is 13.0. The van der Waals surface area contributed by atoms with E-state index in [4.69, 9.17) is 4.74 Å². The van der Waals surface area contributed by atoms with Gasteiger partial charge >= 0.3 is 11.9 Å². The second-order valence-electron chi connectivity index (χ2n) is 4.71. The Hall–Kier alpha value is -1.10. The number of ether oxygens (including phenoxy) is 2. The van der Waals surface area contributed by atoms with Crippen LogP contribution in [0.25, 0.3) is 0 Å². The summed E-state index contributed by atoms with van der Waals surface area (Å²) >= 11 is 0. The first-order valence-electron chi connectivity index (χ1n) is 5.89. The number of carboxylic acids is 1. The van der Waals surface area contributed by atoms with Gasteiger partial charge in [0.1, 0.15) is 0 Å². The van der Waals surface area contributed by atoms with Gasteiger partial charge in [-0.05, 0) is 32.6 Å². The molecule has 0 aromatic carbocycles. The van der Waals surface area contributed by atoms with Gasteiger partial charge in [0.25, 0.3) is 0 Å². The summed E-state index contributed by atoms with van der Waals surface area (Å²) in [5.74, 6) is -2.09. The van der Waals surface area contributed by atoms with Crippen LogP contribution >= 0.6 is 0 Å². The van der Waals surface area contributed by atoms with Gasteiger partial charge in [-0.25, -0.2) is 0 Å². The summed E-state index contributed by atoms with van der Waals surface area (Å²) in [4.78, 5) is 22.4. The molecule has 0 spiro atoms. The van der Waals surface area contributed by atoms with E-state index in [-0.39, 0.29) is 24.5 Å². The molecule has 0 bridgehead atoms. The number of esters is 1. The Balaban J connectivity index is 2.69. The van der Waals surface area contributed by atoms with Gasteiger partial charge in [0.15, 0.2) is 0 Å². The molecular weight excluding hydrogens is 224 g/mol. The largest absolute Gasteiger partial charge is 0.481 e. The van der Waals surface area contributed by atoms with Crippen molar-refractivity contribution in [3.63, 3.8) is 0 Å². The summed E-state index contributed by atoms with van der Waals surface area (Å²) < 4.78 is 10.1. The highest BCUT2D eigenvalue weighted by molar-refractivity contribution is 5.78. The van der Waals surface area contributed by atoms with Gasteiger partial charge in [-0.2, -0.15) is 0 Å². The zero-order valence-corrected chi connectivity index (χ0v) is 10.5. The van der Waals surface area contributed by atoms with Crippen LogP contribution in [0.4, 0.5) is 0 Å². The zero-order valence-electron chi connectivity index (χ0n) is 10.5. The average molecular weight is 244 g/mol. The fourth-order valence-corrected chi connectivity index (χ4v) is 2.50. The topological polar surface area (TPSA) is 72.8 Å². The Morgan fingerprint density at radius 3 is 2.29 bits per heavy atom. The van der Waals surface area contributed by atoms with Crippen molar-refractivity contribution in [2.75, 3.05) is 7.11 Å². The van der Waals surface area contributed by atoms with Crippen LogP contribution in [-0.2, 0) is 19.1 Å². The van der Waals surface area contributed by atoms with Crippen LogP contribution < -0.4 is 0 Å². The lowest BCUT2D eigenvalue weighted by Crippen LogP contribution is -2.37. The van der Waals surface area contributed by atoms with Crippen molar-refractivity contribution in [2.45, 2.75) is 45.3 Å². The SMILES string of the molecule is COC(=O)C[C@H](C(=O)O)C1C[C@@H](C)O[C@H](C)C1. The summed E-state index contributed by atoms with van der Waals surface area (Å²) in [7, 11) is 1.27. The number of aliphatic carboxylic acids is 1. The summed E-state index contributed by atoms with van der Waals surface area (Å²) in [6.07, 6.45) is 1.39. The molecule has 0 amide bonds. The van der Waals surface area contributed by atoms with E-state index in [0.717, 1.165) is 0 Å². The van der Waals surface area contributed by atoms with Crippen LogP contribution in [0.1, 0.15) is 33.1 Å². The maximum atomic E-state index is 11.2.